The van der Waals surface area contributed by atoms with Crippen molar-refractivity contribution in [2.24, 2.45) is 0 Å². The molecule has 7 nitrogen and oxygen atoms in total. The minimum absolute atomic E-state index is 0.151. The van der Waals surface area contributed by atoms with Gasteiger partial charge in [-0.15, -0.1) is 0 Å². The van der Waals surface area contributed by atoms with Crippen LogP contribution in [-0.4, -0.2) is 45.3 Å². The highest BCUT2D eigenvalue weighted by Crippen LogP contribution is 2.32. The number of thiocarbonyl (C=S) groups is 1. The standard InChI is InChI=1S/C22H19BrN2O5S2/c1-12-7-15(23)8-13(2)20(12)24-18(26)11-30-16-5-3-14(4-6-16)9-17-21(29)25(10-19(27)28)22(31)32-17/h3-9H,10-11H2,1-2H3,(H,24,26)(H,27,28)/b17-9-. The van der Waals surface area contributed by atoms with Gasteiger partial charge in [0.05, 0.1) is 4.91 Å². The Labute approximate surface area is 202 Å². The van der Waals surface area contributed by atoms with Crippen LogP contribution in [0.4, 0.5) is 5.69 Å². The topological polar surface area (TPSA) is 95.9 Å². The smallest absolute Gasteiger partial charge is 0.323 e. The average molecular weight is 535 g/mol. The summed E-state index contributed by atoms with van der Waals surface area (Å²) in [7, 11) is 0. The lowest BCUT2D eigenvalue weighted by molar-refractivity contribution is -0.140. The first-order valence-corrected chi connectivity index (χ1v) is 11.4. The summed E-state index contributed by atoms with van der Waals surface area (Å²) >= 11 is 9.57. The van der Waals surface area contributed by atoms with E-state index in [1.165, 1.54) is 0 Å². The highest BCUT2D eigenvalue weighted by atomic mass is 79.9. The number of hydrogen-bond acceptors (Lipinski definition) is 6. The van der Waals surface area contributed by atoms with Crippen molar-refractivity contribution in [3.63, 3.8) is 0 Å². The number of nitrogens with zero attached hydrogens (tertiary/aromatic N) is 1. The fourth-order valence-electron chi connectivity index (χ4n) is 3.02. The average Bonchev–Trinajstić information content (AvgIpc) is 2.97. The summed E-state index contributed by atoms with van der Waals surface area (Å²) < 4.78 is 6.72. The second-order valence-corrected chi connectivity index (χ2v) is 9.57. The van der Waals surface area contributed by atoms with Crippen LogP contribution in [0.15, 0.2) is 45.8 Å². The van der Waals surface area contributed by atoms with E-state index in [0.29, 0.717) is 10.7 Å². The van der Waals surface area contributed by atoms with E-state index in [-0.39, 0.29) is 16.8 Å². The zero-order valence-electron chi connectivity index (χ0n) is 17.2. The molecule has 166 valence electrons. The molecule has 0 bridgehead atoms. The van der Waals surface area contributed by atoms with Crippen LogP contribution in [0.1, 0.15) is 16.7 Å². The number of hydrogen-bond donors (Lipinski definition) is 2. The zero-order chi connectivity index (χ0) is 23.4. The van der Waals surface area contributed by atoms with E-state index in [0.717, 1.165) is 43.5 Å². The SMILES string of the molecule is Cc1cc(Br)cc(C)c1NC(=O)COc1ccc(/C=C2\SC(=S)N(CC(=O)O)C2=O)cc1. The van der Waals surface area contributed by atoms with Gasteiger partial charge in [0.25, 0.3) is 11.8 Å². The molecule has 0 aromatic heterocycles. The number of amides is 2. The third kappa shape index (κ3) is 5.96. The van der Waals surface area contributed by atoms with Crippen molar-refractivity contribution in [3.05, 3.63) is 62.5 Å². The van der Waals surface area contributed by atoms with Gasteiger partial charge in [-0.3, -0.25) is 19.3 Å². The predicted molar refractivity (Wildman–Crippen MR) is 132 cm³/mol. The number of thioether (sulfide) groups is 1. The van der Waals surface area contributed by atoms with E-state index < -0.39 is 18.4 Å². The Balaban J connectivity index is 1.59. The summed E-state index contributed by atoms with van der Waals surface area (Å²) in [5.41, 5.74) is 3.38. The van der Waals surface area contributed by atoms with Crippen LogP contribution in [0.2, 0.25) is 0 Å². The second-order valence-electron chi connectivity index (χ2n) is 6.98. The second kappa shape index (κ2) is 10.3. The van der Waals surface area contributed by atoms with Gasteiger partial charge < -0.3 is 15.2 Å². The van der Waals surface area contributed by atoms with Gasteiger partial charge in [-0.1, -0.05) is 52.0 Å². The molecule has 2 aromatic carbocycles. The number of halogens is 1. The van der Waals surface area contributed by atoms with Crippen molar-refractivity contribution < 1.29 is 24.2 Å². The van der Waals surface area contributed by atoms with Gasteiger partial charge in [0.15, 0.2) is 6.61 Å². The molecule has 1 saturated heterocycles. The van der Waals surface area contributed by atoms with Crippen molar-refractivity contribution in [1.82, 2.24) is 4.90 Å². The highest BCUT2D eigenvalue weighted by molar-refractivity contribution is 9.10. The maximum absolute atomic E-state index is 12.3. The first kappa shape index (κ1) is 24.0. The minimum atomic E-state index is -1.13. The predicted octanol–water partition coefficient (Wildman–Crippen LogP) is 4.37. The fourth-order valence-corrected chi connectivity index (χ4v) is 4.96. The molecule has 10 heteroatoms. The monoisotopic (exact) mass is 534 g/mol. The maximum Gasteiger partial charge on any atom is 0.323 e. The number of aryl methyl sites for hydroxylation is 2. The lowest BCUT2D eigenvalue weighted by atomic mass is 10.1. The number of rotatable bonds is 7. The third-order valence-corrected chi connectivity index (χ3v) is 6.31. The van der Waals surface area contributed by atoms with Crippen LogP contribution in [0.3, 0.4) is 0 Å². The number of carboxylic acids is 1. The number of carbonyl (C=O) groups is 3. The Morgan fingerprint density at radius 2 is 1.84 bits per heavy atom. The lowest BCUT2D eigenvalue weighted by Gasteiger charge is -2.13. The molecule has 3 rings (SSSR count). The van der Waals surface area contributed by atoms with Crippen LogP contribution in [-0.2, 0) is 14.4 Å². The van der Waals surface area contributed by atoms with Crippen molar-refractivity contribution in [2.75, 3.05) is 18.5 Å². The molecule has 0 saturated carbocycles. The van der Waals surface area contributed by atoms with E-state index in [9.17, 15) is 14.4 Å². The number of carbonyl (C=O) groups excluding carboxylic acids is 2. The quantitative estimate of drug-likeness (QED) is 0.402. The molecule has 32 heavy (non-hydrogen) atoms. The first-order chi connectivity index (χ1) is 15.1. The molecule has 1 fully saturated rings. The Kier molecular flexibility index (Phi) is 7.70. The zero-order valence-corrected chi connectivity index (χ0v) is 20.4. The number of carboxylic acid groups (broad SMARTS) is 1. The molecule has 2 amide bonds. The van der Waals surface area contributed by atoms with Crippen LogP contribution >= 0.6 is 39.9 Å². The molecule has 2 aromatic rings. The van der Waals surface area contributed by atoms with Crippen LogP contribution in [0.25, 0.3) is 6.08 Å². The molecule has 0 atom stereocenters. The Morgan fingerprint density at radius 3 is 2.44 bits per heavy atom. The molecular formula is C22H19BrN2O5S2. The van der Waals surface area contributed by atoms with E-state index in [2.05, 4.69) is 21.2 Å². The molecule has 2 N–H and O–H groups in total. The molecule has 0 radical (unpaired) electrons. The highest BCUT2D eigenvalue weighted by Gasteiger charge is 2.33. The Hall–Kier alpha value is -2.69. The number of benzene rings is 2. The third-order valence-electron chi connectivity index (χ3n) is 4.48. The molecule has 0 unspecified atom stereocenters. The number of nitrogens with one attached hydrogen (secondary N) is 1. The maximum atomic E-state index is 12.3. The normalized spacial score (nSPS) is 14.7. The van der Waals surface area contributed by atoms with Crippen molar-refractivity contribution in [2.45, 2.75) is 13.8 Å². The van der Waals surface area contributed by atoms with E-state index in [1.807, 2.05) is 26.0 Å². The number of ether oxygens (including phenoxy) is 1. The molecular weight excluding hydrogens is 516 g/mol. The summed E-state index contributed by atoms with van der Waals surface area (Å²) in [4.78, 5) is 36.9. The van der Waals surface area contributed by atoms with Gasteiger partial charge in [-0.25, -0.2) is 0 Å². The van der Waals surface area contributed by atoms with Gasteiger partial charge in [0.2, 0.25) is 0 Å². The van der Waals surface area contributed by atoms with E-state index in [1.54, 1.807) is 30.3 Å². The van der Waals surface area contributed by atoms with Crippen molar-refractivity contribution >= 4 is 73.8 Å². The molecule has 0 spiro atoms. The van der Waals surface area contributed by atoms with Gasteiger partial charge >= 0.3 is 5.97 Å². The molecule has 1 aliphatic rings. The summed E-state index contributed by atoms with van der Waals surface area (Å²) in [6.07, 6.45) is 1.64. The summed E-state index contributed by atoms with van der Waals surface area (Å²) in [6, 6.07) is 10.7. The van der Waals surface area contributed by atoms with Crippen LogP contribution in [0.5, 0.6) is 5.75 Å². The van der Waals surface area contributed by atoms with Gasteiger partial charge in [0.1, 0.15) is 16.6 Å². The van der Waals surface area contributed by atoms with Gasteiger partial charge in [0, 0.05) is 10.2 Å². The summed E-state index contributed by atoms with van der Waals surface area (Å²) in [5.74, 6) is -1.33. The minimum Gasteiger partial charge on any atom is -0.484 e. The van der Waals surface area contributed by atoms with Crippen LogP contribution in [0, 0.1) is 13.8 Å². The summed E-state index contributed by atoms with van der Waals surface area (Å²) in [5, 5.41) is 11.8. The van der Waals surface area contributed by atoms with Crippen LogP contribution < -0.4 is 10.1 Å². The lowest BCUT2D eigenvalue weighted by Crippen LogP contribution is -2.33. The summed E-state index contributed by atoms with van der Waals surface area (Å²) in [6.45, 7) is 3.23. The molecule has 1 aliphatic heterocycles. The number of anilines is 1. The molecule has 1 heterocycles. The van der Waals surface area contributed by atoms with E-state index in [4.69, 9.17) is 22.1 Å². The molecule has 0 aliphatic carbocycles. The fraction of sp³-hybridized carbons (Fsp3) is 0.182. The van der Waals surface area contributed by atoms with E-state index >= 15 is 0 Å². The number of aliphatic carboxylic acids is 1. The van der Waals surface area contributed by atoms with Gasteiger partial charge in [-0.2, -0.15) is 0 Å². The first-order valence-electron chi connectivity index (χ1n) is 9.40. The van der Waals surface area contributed by atoms with Crippen molar-refractivity contribution in [3.8, 4) is 5.75 Å². The van der Waals surface area contributed by atoms with Gasteiger partial charge in [-0.05, 0) is 60.9 Å². The van der Waals surface area contributed by atoms with Crippen molar-refractivity contribution in [1.29, 1.82) is 0 Å². The Bertz CT molecular complexity index is 1110. The Morgan fingerprint density at radius 1 is 1.22 bits per heavy atom. The largest absolute Gasteiger partial charge is 0.484 e.